The zero-order valence-corrected chi connectivity index (χ0v) is 12.9. The molecule has 1 atom stereocenters. The normalized spacial score (nSPS) is 13.7. The van der Waals surface area contributed by atoms with Gasteiger partial charge in [-0.05, 0) is 6.92 Å². The third-order valence-corrected chi connectivity index (χ3v) is 3.81. The van der Waals surface area contributed by atoms with Gasteiger partial charge in [-0.25, -0.2) is 9.97 Å². The second kappa shape index (κ2) is 5.84. The summed E-state index contributed by atoms with van der Waals surface area (Å²) in [6.07, 6.45) is 5.64. The Hall–Kier alpha value is -1.20. The molecule has 2 aromatic rings. The van der Waals surface area contributed by atoms with Crippen molar-refractivity contribution in [3.8, 4) is 0 Å². The van der Waals surface area contributed by atoms with Gasteiger partial charge in [-0.2, -0.15) is 0 Å². The van der Waals surface area contributed by atoms with Crippen LogP contribution in [0.2, 0.25) is 0 Å². The van der Waals surface area contributed by atoms with Crippen LogP contribution in [0.5, 0.6) is 0 Å². The van der Waals surface area contributed by atoms with Gasteiger partial charge in [0.15, 0.2) is 0 Å². The monoisotopic (exact) mass is 278 g/mol. The quantitative estimate of drug-likeness (QED) is 0.914. The van der Waals surface area contributed by atoms with Crippen LogP contribution in [0.25, 0.3) is 0 Å². The minimum absolute atomic E-state index is 0.136. The minimum Gasteiger partial charge on any atom is -0.336 e. The molecule has 0 aliphatic carbocycles. The highest BCUT2D eigenvalue weighted by molar-refractivity contribution is 7.09. The highest BCUT2D eigenvalue weighted by atomic mass is 32.1. The highest BCUT2D eigenvalue weighted by Crippen LogP contribution is 2.23. The molecule has 0 radical (unpaired) electrons. The zero-order chi connectivity index (χ0) is 13.9. The van der Waals surface area contributed by atoms with Gasteiger partial charge in [0.05, 0.1) is 12.0 Å². The van der Waals surface area contributed by atoms with E-state index in [9.17, 15) is 0 Å². The second-order valence-electron chi connectivity index (χ2n) is 5.92. The smallest absolute Gasteiger partial charge is 0.107 e. The summed E-state index contributed by atoms with van der Waals surface area (Å²) >= 11 is 1.73. The Labute approximate surface area is 118 Å². The summed E-state index contributed by atoms with van der Waals surface area (Å²) in [5, 5.41) is 6.82. The Bertz CT molecular complexity index is 496. The Kier molecular flexibility index (Phi) is 4.37. The van der Waals surface area contributed by atoms with Crippen molar-refractivity contribution in [2.45, 2.75) is 52.2 Å². The largest absolute Gasteiger partial charge is 0.336 e. The molecule has 2 aromatic heterocycles. The Morgan fingerprint density at radius 2 is 2.21 bits per heavy atom. The number of rotatable bonds is 5. The predicted octanol–water partition coefficient (Wildman–Crippen LogP) is 2.82. The lowest BCUT2D eigenvalue weighted by molar-refractivity contribution is 0.474. The van der Waals surface area contributed by atoms with Crippen molar-refractivity contribution in [2.75, 3.05) is 0 Å². The van der Waals surface area contributed by atoms with Crippen LogP contribution in [-0.4, -0.2) is 20.6 Å². The molecule has 0 saturated heterocycles. The number of hydrogen-bond acceptors (Lipinski definition) is 4. The van der Waals surface area contributed by atoms with Crippen LogP contribution in [0.1, 0.15) is 38.4 Å². The van der Waals surface area contributed by atoms with Crippen molar-refractivity contribution in [3.05, 3.63) is 34.8 Å². The molecule has 0 saturated carbocycles. The minimum atomic E-state index is 0.136. The molecule has 104 valence electrons. The van der Waals surface area contributed by atoms with Gasteiger partial charge in [0.1, 0.15) is 5.01 Å². The molecule has 0 aliphatic rings. The van der Waals surface area contributed by atoms with Crippen molar-refractivity contribution < 1.29 is 0 Å². The van der Waals surface area contributed by atoms with Gasteiger partial charge in [0.25, 0.3) is 0 Å². The average molecular weight is 278 g/mol. The molecule has 0 aliphatic heterocycles. The molecule has 19 heavy (non-hydrogen) atoms. The molecule has 4 nitrogen and oxygen atoms in total. The van der Waals surface area contributed by atoms with E-state index in [-0.39, 0.29) is 5.41 Å². The van der Waals surface area contributed by atoms with E-state index in [1.54, 1.807) is 11.3 Å². The van der Waals surface area contributed by atoms with Crippen LogP contribution in [0.4, 0.5) is 0 Å². The van der Waals surface area contributed by atoms with Crippen molar-refractivity contribution in [2.24, 2.45) is 0 Å². The van der Waals surface area contributed by atoms with E-state index < -0.39 is 0 Å². The number of nitrogens with zero attached hydrogens (tertiary/aromatic N) is 3. The third-order valence-electron chi connectivity index (χ3n) is 2.97. The van der Waals surface area contributed by atoms with Gasteiger partial charge in [0.2, 0.25) is 0 Å². The van der Waals surface area contributed by atoms with Gasteiger partial charge >= 0.3 is 0 Å². The maximum atomic E-state index is 4.69. The number of imidazole rings is 1. The van der Waals surface area contributed by atoms with E-state index >= 15 is 0 Å². The van der Waals surface area contributed by atoms with Crippen LogP contribution >= 0.6 is 11.3 Å². The molecule has 0 spiro atoms. The van der Waals surface area contributed by atoms with Crippen LogP contribution in [0.15, 0.2) is 24.1 Å². The summed E-state index contributed by atoms with van der Waals surface area (Å²) in [6.45, 7) is 10.5. The predicted molar refractivity (Wildman–Crippen MR) is 79.3 cm³/mol. The van der Waals surface area contributed by atoms with Gasteiger partial charge < -0.3 is 9.88 Å². The molecule has 0 fully saturated rings. The molecule has 5 heteroatoms. The molecular weight excluding hydrogens is 256 g/mol. The molecule has 0 bridgehead atoms. The molecule has 1 unspecified atom stereocenters. The Balaban J connectivity index is 1.83. The van der Waals surface area contributed by atoms with Gasteiger partial charge in [0, 0.05) is 42.3 Å². The van der Waals surface area contributed by atoms with Crippen LogP contribution < -0.4 is 5.32 Å². The fraction of sp³-hybridized carbons (Fsp3) is 0.571. The SMILES string of the molecule is CC(Cn1ccnc1)NCc1nc(C(C)(C)C)cs1. The highest BCUT2D eigenvalue weighted by Gasteiger charge is 2.17. The van der Waals surface area contributed by atoms with E-state index in [1.165, 1.54) is 5.69 Å². The van der Waals surface area contributed by atoms with Gasteiger partial charge in [-0.1, -0.05) is 20.8 Å². The van der Waals surface area contributed by atoms with Crippen LogP contribution in [0, 0.1) is 0 Å². The molecule has 2 heterocycles. The van der Waals surface area contributed by atoms with E-state index in [0.29, 0.717) is 6.04 Å². The standard InChI is InChI=1S/C14H22N4S/c1-11(8-18-6-5-15-10-18)16-7-13-17-12(9-19-13)14(2,3)4/h5-6,9-11,16H,7-8H2,1-4H3. The third kappa shape index (κ3) is 4.14. The Morgan fingerprint density at radius 1 is 1.42 bits per heavy atom. The second-order valence-corrected chi connectivity index (χ2v) is 6.86. The van der Waals surface area contributed by atoms with Crippen molar-refractivity contribution in [3.63, 3.8) is 0 Å². The molecule has 0 amide bonds. The fourth-order valence-electron chi connectivity index (χ4n) is 1.77. The molecule has 2 rings (SSSR count). The lowest BCUT2D eigenvalue weighted by atomic mass is 9.93. The Morgan fingerprint density at radius 3 is 2.79 bits per heavy atom. The number of hydrogen-bond donors (Lipinski definition) is 1. The summed E-state index contributed by atoms with van der Waals surface area (Å²) in [5.41, 5.74) is 1.31. The maximum Gasteiger partial charge on any atom is 0.107 e. The number of nitrogens with one attached hydrogen (secondary N) is 1. The van der Waals surface area contributed by atoms with Gasteiger partial charge in [-0.15, -0.1) is 11.3 Å². The first kappa shape index (κ1) is 14.2. The maximum absolute atomic E-state index is 4.69. The summed E-state index contributed by atoms with van der Waals surface area (Å²) in [5.74, 6) is 0. The van der Waals surface area contributed by atoms with E-state index in [4.69, 9.17) is 0 Å². The lowest BCUT2D eigenvalue weighted by Gasteiger charge is -2.15. The van der Waals surface area contributed by atoms with Crippen LogP contribution in [0.3, 0.4) is 0 Å². The first-order valence-electron chi connectivity index (χ1n) is 6.59. The van der Waals surface area contributed by atoms with Crippen molar-refractivity contribution in [1.82, 2.24) is 19.9 Å². The molecular formula is C14H22N4S. The zero-order valence-electron chi connectivity index (χ0n) is 12.1. The van der Waals surface area contributed by atoms with E-state index in [1.807, 2.05) is 18.7 Å². The number of aromatic nitrogens is 3. The summed E-state index contributed by atoms with van der Waals surface area (Å²) < 4.78 is 2.08. The lowest BCUT2D eigenvalue weighted by Crippen LogP contribution is -2.29. The van der Waals surface area contributed by atoms with Crippen molar-refractivity contribution >= 4 is 11.3 Å². The average Bonchev–Trinajstić information content (AvgIpc) is 2.95. The number of thiazole rings is 1. The molecule has 0 aromatic carbocycles. The molecule has 1 N–H and O–H groups in total. The summed E-state index contributed by atoms with van der Waals surface area (Å²) in [6, 6.07) is 0.399. The van der Waals surface area contributed by atoms with E-state index in [2.05, 4.69) is 52.9 Å². The topological polar surface area (TPSA) is 42.7 Å². The van der Waals surface area contributed by atoms with E-state index in [0.717, 1.165) is 18.1 Å². The first-order chi connectivity index (χ1) is 8.95. The van der Waals surface area contributed by atoms with Crippen molar-refractivity contribution in [1.29, 1.82) is 0 Å². The summed E-state index contributed by atoms with van der Waals surface area (Å²) in [7, 11) is 0. The summed E-state index contributed by atoms with van der Waals surface area (Å²) in [4.78, 5) is 8.74. The van der Waals surface area contributed by atoms with Crippen LogP contribution in [-0.2, 0) is 18.5 Å². The fourth-order valence-corrected chi connectivity index (χ4v) is 2.75. The van der Waals surface area contributed by atoms with Gasteiger partial charge in [-0.3, -0.25) is 0 Å². The first-order valence-corrected chi connectivity index (χ1v) is 7.47.